The normalized spacial score (nSPS) is 15.4. The van der Waals surface area contributed by atoms with Crippen LogP contribution in [0.1, 0.15) is 17.3 Å². The number of carbonyl (C=O) groups is 3. The Morgan fingerprint density at radius 2 is 1.97 bits per heavy atom. The Bertz CT molecular complexity index is 1260. The van der Waals surface area contributed by atoms with Crippen molar-refractivity contribution in [1.82, 2.24) is 4.57 Å². The second kappa shape index (κ2) is 9.23. The lowest BCUT2D eigenvalue weighted by atomic mass is 10.2. The summed E-state index contributed by atoms with van der Waals surface area (Å²) in [4.78, 5) is 41.4. The van der Waals surface area contributed by atoms with E-state index in [1.165, 1.54) is 18.4 Å². The smallest absolute Gasteiger partial charge is 0.337 e. The molecular weight excluding hydrogens is 436 g/mol. The molecule has 0 saturated heterocycles. The van der Waals surface area contributed by atoms with Crippen molar-refractivity contribution in [3.05, 3.63) is 52.8 Å². The van der Waals surface area contributed by atoms with Gasteiger partial charge in [-0.15, -0.1) is 0 Å². The lowest BCUT2D eigenvalue weighted by Gasteiger charge is -2.23. The van der Waals surface area contributed by atoms with Crippen LogP contribution in [0, 0.1) is 0 Å². The molecule has 0 saturated carbocycles. The molecule has 0 N–H and O–H groups in total. The topological polar surface area (TPSA) is 105 Å². The number of methoxy groups -OCH3 is 1. The second-order valence-corrected chi connectivity index (χ2v) is 7.77. The molecule has 0 bridgehead atoms. The molecule has 1 amide bonds. The molecule has 1 aliphatic rings. The second-order valence-electron chi connectivity index (χ2n) is 6.76. The van der Waals surface area contributed by atoms with Crippen LogP contribution in [0.5, 0.6) is 11.5 Å². The number of hydrogen-bond acceptors (Lipinski definition) is 8. The molecule has 2 aromatic carbocycles. The van der Waals surface area contributed by atoms with Gasteiger partial charge in [0.25, 0.3) is 5.91 Å². The Balaban J connectivity index is 1.72. The Labute approximate surface area is 186 Å². The number of ether oxygens (including phenoxy) is 4. The van der Waals surface area contributed by atoms with Crippen LogP contribution in [-0.2, 0) is 25.6 Å². The predicted molar refractivity (Wildman–Crippen MR) is 115 cm³/mol. The van der Waals surface area contributed by atoms with Gasteiger partial charge < -0.3 is 23.5 Å². The van der Waals surface area contributed by atoms with Gasteiger partial charge in [-0.3, -0.25) is 9.59 Å². The third-order valence-corrected chi connectivity index (χ3v) is 5.73. The van der Waals surface area contributed by atoms with Crippen molar-refractivity contribution in [2.75, 3.05) is 20.3 Å². The number of rotatable bonds is 5. The monoisotopic (exact) mass is 456 g/mol. The molecule has 0 fully saturated rings. The molecule has 1 aromatic heterocycles. The highest BCUT2D eigenvalue weighted by Crippen LogP contribution is 2.31. The highest BCUT2D eigenvalue weighted by atomic mass is 32.1. The van der Waals surface area contributed by atoms with Crippen LogP contribution in [0.3, 0.4) is 0 Å². The van der Waals surface area contributed by atoms with E-state index in [-0.39, 0.29) is 24.6 Å². The maximum Gasteiger partial charge on any atom is 0.337 e. The number of hydrogen-bond donors (Lipinski definition) is 0. The minimum Gasteiger partial charge on any atom is -0.485 e. The number of amides is 1. The molecule has 0 spiro atoms. The number of nitrogens with zero attached hydrogens (tertiary/aromatic N) is 2. The lowest BCUT2D eigenvalue weighted by molar-refractivity contribution is -0.143. The van der Waals surface area contributed by atoms with E-state index in [9.17, 15) is 14.4 Å². The van der Waals surface area contributed by atoms with Crippen LogP contribution in [-0.4, -0.2) is 48.8 Å². The van der Waals surface area contributed by atoms with Gasteiger partial charge in [-0.2, -0.15) is 4.99 Å². The van der Waals surface area contributed by atoms with E-state index < -0.39 is 23.9 Å². The zero-order valence-corrected chi connectivity index (χ0v) is 18.2. The Morgan fingerprint density at radius 1 is 1.19 bits per heavy atom. The first-order chi connectivity index (χ1) is 15.5. The quantitative estimate of drug-likeness (QED) is 0.543. The fourth-order valence-corrected chi connectivity index (χ4v) is 4.27. The van der Waals surface area contributed by atoms with Crippen molar-refractivity contribution in [3.8, 4) is 11.5 Å². The average Bonchev–Trinajstić information content (AvgIpc) is 3.14. The molecule has 2 heterocycles. The number of carbonyl (C=O) groups excluding carboxylic acids is 3. The number of esters is 2. The molecule has 1 unspecified atom stereocenters. The summed E-state index contributed by atoms with van der Waals surface area (Å²) >= 11 is 1.17. The third-order valence-electron chi connectivity index (χ3n) is 4.69. The molecule has 10 heteroatoms. The Morgan fingerprint density at radius 3 is 2.72 bits per heavy atom. The van der Waals surface area contributed by atoms with Crippen molar-refractivity contribution < 1.29 is 33.3 Å². The first-order valence-corrected chi connectivity index (χ1v) is 10.7. The number of benzene rings is 2. The van der Waals surface area contributed by atoms with E-state index >= 15 is 0 Å². The van der Waals surface area contributed by atoms with Crippen molar-refractivity contribution >= 4 is 39.4 Å². The fourth-order valence-electron chi connectivity index (χ4n) is 3.20. The van der Waals surface area contributed by atoms with Crippen LogP contribution in [0.15, 0.2) is 47.5 Å². The molecule has 166 valence electrons. The van der Waals surface area contributed by atoms with Crippen molar-refractivity contribution in [1.29, 1.82) is 0 Å². The maximum absolute atomic E-state index is 12.9. The van der Waals surface area contributed by atoms with E-state index in [1.807, 2.05) is 6.07 Å². The molecule has 9 nitrogen and oxygen atoms in total. The molecular formula is C22H20N2O7S. The third kappa shape index (κ3) is 4.35. The van der Waals surface area contributed by atoms with E-state index in [2.05, 4.69) is 4.99 Å². The predicted octanol–water partition coefficient (Wildman–Crippen LogP) is 2.32. The molecule has 0 radical (unpaired) electrons. The van der Waals surface area contributed by atoms with Crippen LogP contribution in [0.4, 0.5) is 0 Å². The fraction of sp³-hybridized carbons (Fsp3) is 0.273. The van der Waals surface area contributed by atoms with E-state index in [0.717, 1.165) is 0 Å². The van der Waals surface area contributed by atoms with Gasteiger partial charge in [0.05, 0.1) is 29.5 Å². The van der Waals surface area contributed by atoms with E-state index in [0.29, 0.717) is 27.3 Å². The summed E-state index contributed by atoms with van der Waals surface area (Å²) in [6.45, 7) is 1.83. The van der Waals surface area contributed by atoms with Crippen LogP contribution < -0.4 is 14.3 Å². The maximum atomic E-state index is 12.9. The lowest BCUT2D eigenvalue weighted by Crippen LogP contribution is -2.37. The summed E-state index contributed by atoms with van der Waals surface area (Å²) in [7, 11) is 1.30. The standard InChI is InChI=1S/C22H20N2O7S/c1-3-29-19(25)11-24-14-9-8-13(21(27)28-2)10-18(14)32-22(24)23-20(26)17-12-30-15-6-4-5-7-16(15)31-17/h4-10,17H,3,11-12H2,1-2H3. The van der Waals surface area contributed by atoms with Crippen molar-refractivity contribution in [2.45, 2.75) is 19.6 Å². The Kier molecular flexibility index (Phi) is 6.22. The van der Waals surface area contributed by atoms with E-state index in [1.54, 1.807) is 47.9 Å². The van der Waals surface area contributed by atoms with Gasteiger partial charge in [0.1, 0.15) is 13.2 Å². The zero-order valence-electron chi connectivity index (χ0n) is 17.4. The molecule has 3 aromatic rings. The Hall–Kier alpha value is -3.66. The van der Waals surface area contributed by atoms with E-state index in [4.69, 9.17) is 18.9 Å². The highest BCUT2D eigenvalue weighted by molar-refractivity contribution is 7.16. The van der Waals surface area contributed by atoms with Crippen molar-refractivity contribution in [2.24, 2.45) is 4.99 Å². The minimum absolute atomic E-state index is 0.0224. The van der Waals surface area contributed by atoms with Gasteiger partial charge in [-0.25, -0.2) is 4.79 Å². The van der Waals surface area contributed by atoms with Gasteiger partial charge in [-0.1, -0.05) is 23.5 Å². The van der Waals surface area contributed by atoms with Crippen LogP contribution >= 0.6 is 11.3 Å². The van der Waals surface area contributed by atoms with Gasteiger partial charge in [0.2, 0.25) is 6.10 Å². The van der Waals surface area contributed by atoms with Gasteiger partial charge >= 0.3 is 11.9 Å². The first kappa shape index (κ1) is 21.6. The summed E-state index contributed by atoms with van der Waals surface area (Å²) in [5, 5.41) is 0. The summed E-state index contributed by atoms with van der Waals surface area (Å²) in [5.41, 5.74) is 0.983. The van der Waals surface area contributed by atoms with Gasteiger partial charge in [0.15, 0.2) is 16.3 Å². The summed E-state index contributed by atoms with van der Waals surface area (Å²) in [6.07, 6.45) is -0.920. The van der Waals surface area contributed by atoms with Gasteiger partial charge in [0, 0.05) is 0 Å². The largest absolute Gasteiger partial charge is 0.485 e. The van der Waals surface area contributed by atoms with Crippen LogP contribution in [0.2, 0.25) is 0 Å². The molecule has 32 heavy (non-hydrogen) atoms. The number of thiazole rings is 1. The first-order valence-electron chi connectivity index (χ1n) is 9.84. The van der Waals surface area contributed by atoms with Gasteiger partial charge in [-0.05, 0) is 37.3 Å². The SMILES string of the molecule is CCOC(=O)Cn1c(=NC(=O)C2COc3ccccc3O2)sc2cc(C(=O)OC)ccc21. The zero-order chi connectivity index (χ0) is 22.7. The summed E-state index contributed by atoms with van der Waals surface area (Å²) < 4.78 is 23.4. The average molecular weight is 456 g/mol. The summed E-state index contributed by atoms with van der Waals surface area (Å²) in [6, 6.07) is 12.0. The molecule has 1 atom stereocenters. The molecule has 1 aliphatic heterocycles. The number of fused-ring (bicyclic) bond motifs is 2. The number of aromatic nitrogens is 1. The number of para-hydroxylation sites is 2. The molecule has 0 aliphatic carbocycles. The highest BCUT2D eigenvalue weighted by Gasteiger charge is 2.27. The van der Waals surface area contributed by atoms with Crippen molar-refractivity contribution in [3.63, 3.8) is 0 Å². The van der Waals surface area contributed by atoms with Crippen LogP contribution in [0.25, 0.3) is 10.2 Å². The minimum atomic E-state index is -0.920. The summed E-state index contributed by atoms with van der Waals surface area (Å²) in [5.74, 6) is -0.476. The molecule has 4 rings (SSSR count).